The van der Waals surface area contributed by atoms with E-state index in [1.807, 2.05) is 26.0 Å². The molecular weight excluding hydrogens is 200 g/mol. The highest BCUT2D eigenvalue weighted by molar-refractivity contribution is 5.40. The molecule has 0 spiro atoms. The van der Waals surface area contributed by atoms with Crippen molar-refractivity contribution in [2.45, 2.75) is 46.6 Å². The van der Waals surface area contributed by atoms with Crippen molar-refractivity contribution in [3.63, 3.8) is 0 Å². The molecule has 0 saturated heterocycles. The second-order valence-electron chi connectivity index (χ2n) is 4.25. The van der Waals surface area contributed by atoms with E-state index in [0.717, 1.165) is 35.5 Å². The molecule has 0 radical (unpaired) electrons. The largest absolute Gasteiger partial charge is 0.494 e. The van der Waals surface area contributed by atoms with Gasteiger partial charge in [0.2, 0.25) is 0 Å². The molecule has 0 atom stereocenters. The first-order valence-corrected chi connectivity index (χ1v) is 6.02. The highest BCUT2D eigenvalue weighted by Gasteiger charge is 2.04. The van der Waals surface area contributed by atoms with E-state index in [0.29, 0.717) is 0 Å². The summed E-state index contributed by atoms with van der Waals surface area (Å²) in [5, 5.41) is 9.20. The maximum atomic E-state index is 9.20. The van der Waals surface area contributed by atoms with Gasteiger partial charge in [-0.15, -0.1) is 0 Å². The van der Waals surface area contributed by atoms with Crippen molar-refractivity contribution in [3.05, 3.63) is 28.8 Å². The molecule has 0 aliphatic carbocycles. The number of rotatable bonds is 6. The molecular formula is C14H22O2. The first-order chi connectivity index (χ1) is 7.69. The van der Waals surface area contributed by atoms with Crippen LogP contribution in [0.15, 0.2) is 12.1 Å². The highest BCUT2D eigenvalue weighted by atomic mass is 16.5. The number of benzene rings is 1. The number of aliphatic hydroxyl groups excluding tert-OH is 1. The second-order valence-corrected chi connectivity index (χ2v) is 4.25. The van der Waals surface area contributed by atoms with Gasteiger partial charge in [0, 0.05) is 0 Å². The topological polar surface area (TPSA) is 29.5 Å². The van der Waals surface area contributed by atoms with Crippen molar-refractivity contribution in [1.29, 1.82) is 0 Å². The van der Waals surface area contributed by atoms with Gasteiger partial charge < -0.3 is 9.84 Å². The number of aryl methyl sites for hydroxylation is 2. The Labute approximate surface area is 98.3 Å². The molecule has 0 fully saturated rings. The predicted octanol–water partition coefficient (Wildman–Crippen LogP) is 3.36. The minimum atomic E-state index is 0.105. The summed E-state index contributed by atoms with van der Waals surface area (Å²) in [5.41, 5.74) is 3.22. The van der Waals surface area contributed by atoms with Crippen molar-refractivity contribution in [2.75, 3.05) is 6.61 Å². The fourth-order valence-electron chi connectivity index (χ4n) is 1.83. The highest BCUT2D eigenvalue weighted by Crippen LogP contribution is 2.22. The molecule has 16 heavy (non-hydrogen) atoms. The fourth-order valence-corrected chi connectivity index (χ4v) is 1.83. The zero-order valence-corrected chi connectivity index (χ0v) is 10.5. The molecule has 2 nitrogen and oxygen atoms in total. The Morgan fingerprint density at radius 2 is 1.75 bits per heavy atom. The van der Waals surface area contributed by atoms with Gasteiger partial charge in [-0.05, 0) is 49.1 Å². The number of hydrogen-bond donors (Lipinski definition) is 1. The third-order valence-corrected chi connectivity index (χ3v) is 2.84. The zero-order valence-electron chi connectivity index (χ0n) is 10.5. The molecule has 1 rings (SSSR count). The lowest BCUT2D eigenvalue weighted by Crippen LogP contribution is -2.00. The van der Waals surface area contributed by atoms with Crippen LogP contribution in [0, 0.1) is 13.8 Å². The Balaban J connectivity index is 2.61. The van der Waals surface area contributed by atoms with Crippen molar-refractivity contribution < 1.29 is 9.84 Å². The molecule has 0 aliphatic heterocycles. The van der Waals surface area contributed by atoms with Crippen LogP contribution in [0.1, 0.15) is 42.9 Å². The van der Waals surface area contributed by atoms with Crippen molar-refractivity contribution in [1.82, 2.24) is 0 Å². The third kappa shape index (κ3) is 3.53. The van der Waals surface area contributed by atoms with Crippen LogP contribution in [0.5, 0.6) is 5.75 Å². The lowest BCUT2D eigenvalue weighted by Gasteiger charge is -2.11. The number of ether oxygens (including phenoxy) is 1. The van der Waals surface area contributed by atoms with Gasteiger partial charge in [-0.3, -0.25) is 0 Å². The summed E-state index contributed by atoms with van der Waals surface area (Å²) in [6.45, 7) is 7.10. The van der Waals surface area contributed by atoms with Gasteiger partial charge in [0.25, 0.3) is 0 Å². The van der Waals surface area contributed by atoms with Gasteiger partial charge in [0.1, 0.15) is 5.75 Å². The van der Waals surface area contributed by atoms with E-state index in [1.165, 1.54) is 12.8 Å². The molecule has 1 N–H and O–H groups in total. The number of aliphatic hydroxyl groups is 1. The molecule has 1 aromatic carbocycles. The summed E-state index contributed by atoms with van der Waals surface area (Å²) in [6, 6.07) is 4.01. The minimum absolute atomic E-state index is 0.105. The minimum Gasteiger partial charge on any atom is -0.494 e. The van der Waals surface area contributed by atoms with Crippen LogP contribution in [-0.2, 0) is 6.61 Å². The van der Waals surface area contributed by atoms with Gasteiger partial charge in [0.05, 0.1) is 13.2 Å². The van der Waals surface area contributed by atoms with E-state index in [1.54, 1.807) is 0 Å². The molecule has 0 saturated carbocycles. The van der Waals surface area contributed by atoms with Crippen LogP contribution in [0.4, 0.5) is 0 Å². The summed E-state index contributed by atoms with van der Waals surface area (Å²) in [6.07, 6.45) is 3.54. The van der Waals surface area contributed by atoms with Crippen LogP contribution >= 0.6 is 0 Å². The van der Waals surface area contributed by atoms with Crippen LogP contribution in [0.25, 0.3) is 0 Å². The summed E-state index contributed by atoms with van der Waals surface area (Å²) in [5.74, 6) is 0.920. The molecule has 1 aromatic rings. The van der Waals surface area contributed by atoms with Gasteiger partial charge in [0.15, 0.2) is 0 Å². The third-order valence-electron chi connectivity index (χ3n) is 2.84. The van der Waals surface area contributed by atoms with Crippen molar-refractivity contribution >= 4 is 0 Å². The Morgan fingerprint density at radius 3 is 2.25 bits per heavy atom. The van der Waals surface area contributed by atoms with Crippen LogP contribution in [-0.4, -0.2) is 11.7 Å². The number of hydrogen-bond acceptors (Lipinski definition) is 2. The Morgan fingerprint density at radius 1 is 1.12 bits per heavy atom. The van der Waals surface area contributed by atoms with E-state index >= 15 is 0 Å². The van der Waals surface area contributed by atoms with Gasteiger partial charge in [-0.1, -0.05) is 19.8 Å². The van der Waals surface area contributed by atoms with Crippen LogP contribution < -0.4 is 4.74 Å². The van der Waals surface area contributed by atoms with E-state index in [-0.39, 0.29) is 6.61 Å². The lowest BCUT2D eigenvalue weighted by atomic mass is 10.0. The van der Waals surface area contributed by atoms with E-state index in [9.17, 15) is 5.11 Å². The van der Waals surface area contributed by atoms with E-state index in [2.05, 4.69) is 6.92 Å². The average molecular weight is 222 g/mol. The summed E-state index contributed by atoms with van der Waals surface area (Å²) >= 11 is 0. The Kier molecular flexibility index (Phi) is 5.33. The summed E-state index contributed by atoms with van der Waals surface area (Å²) in [4.78, 5) is 0. The molecule has 0 amide bonds. The predicted molar refractivity (Wildman–Crippen MR) is 66.9 cm³/mol. The molecule has 2 heteroatoms. The molecule has 0 bridgehead atoms. The first kappa shape index (κ1) is 13.0. The average Bonchev–Trinajstić information content (AvgIpc) is 2.24. The molecule has 0 heterocycles. The molecule has 0 aromatic heterocycles. The SMILES string of the molecule is CCCCCOc1cc(C)c(CO)c(C)c1. The molecule has 0 aliphatic rings. The summed E-state index contributed by atoms with van der Waals surface area (Å²) < 4.78 is 5.69. The second kappa shape index (κ2) is 6.54. The number of unbranched alkanes of at least 4 members (excludes halogenated alkanes) is 2. The smallest absolute Gasteiger partial charge is 0.119 e. The maximum Gasteiger partial charge on any atom is 0.119 e. The zero-order chi connectivity index (χ0) is 12.0. The quantitative estimate of drug-likeness (QED) is 0.748. The summed E-state index contributed by atoms with van der Waals surface area (Å²) in [7, 11) is 0. The monoisotopic (exact) mass is 222 g/mol. The van der Waals surface area contributed by atoms with Crippen LogP contribution in [0.3, 0.4) is 0 Å². The fraction of sp³-hybridized carbons (Fsp3) is 0.571. The lowest BCUT2D eigenvalue weighted by molar-refractivity contribution is 0.279. The van der Waals surface area contributed by atoms with Gasteiger partial charge >= 0.3 is 0 Å². The normalized spacial score (nSPS) is 10.5. The van der Waals surface area contributed by atoms with Crippen molar-refractivity contribution in [2.24, 2.45) is 0 Å². The van der Waals surface area contributed by atoms with E-state index in [4.69, 9.17) is 4.74 Å². The molecule has 90 valence electrons. The van der Waals surface area contributed by atoms with Gasteiger partial charge in [-0.2, -0.15) is 0 Å². The van der Waals surface area contributed by atoms with Crippen molar-refractivity contribution in [3.8, 4) is 5.75 Å². The standard InChI is InChI=1S/C14H22O2/c1-4-5-6-7-16-13-8-11(2)14(10-15)12(3)9-13/h8-9,15H,4-7,10H2,1-3H3. The Hall–Kier alpha value is -1.02. The van der Waals surface area contributed by atoms with Crippen LogP contribution in [0.2, 0.25) is 0 Å². The van der Waals surface area contributed by atoms with Gasteiger partial charge in [-0.25, -0.2) is 0 Å². The van der Waals surface area contributed by atoms with E-state index < -0.39 is 0 Å². The Bertz CT molecular complexity index is 309. The maximum absolute atomic E-state index is 9.20. The molecule has 0 unspecified atom stereocenters. The first-order valence-electron chi connectivity index (χ1n) is 6.02.